The molecule has 70 valence electrons. The average molecular weight is 184 g/mol. The molecule has 0 amide bonds. The van der Waals surface area contributed by atoms with Crippen LogP contribution in [0.15, 0.2) is 48.5 Å². The van der Waals surface area contributed by atoms with E-state index in [9.17, 15) is 0 Å². The van der Waals surface area contributed by atoms with Gasteiger partial charge in [-0.2, -0.15) is 0 Å². The third-order valence-electron chi connectivity index (χ3n) is 2.09. The maximum Gasteiger partial charge on any atom is 0.0705 e. The minimum atomic E-state index is 0.487. The average Bonchev–Trinajstić information content (AvgIpc) is 2.30. The van der Waals surface area contributed by atoms with Crippen molar-refractivity contribution >= 4 is 0 Å². The van der Waals surface area contributed by atoms with E-state index in [1.165, 1.54) is 0 Å². The molecule has 0 atom stereocenters. The molecule has 2 N–H and O–H groups in total. The van der Waals surface area contributed by atoms with Crippen molar-refractivity contribution in [2.75, 3.05) is 0 Å². The van der Waals surface area contributed by atoms with E-state index in [1.807, 2.05) is 48.5 Å². The van der Waals surface area contributed by atoms with Gasteiger partial charge in [0.05, 0.1) is 11.4 Å². The Morgan fingerprint density at radius 2 is 1.71 bits per heavy atom. The van der Waals surface area contributed by atoms with Gasteiger partial charge >= 0.3 is 0 Å². The molecule has 0 fully saturated rings. The molecular formula is C12H12N2. The molecule has 2 heteroatoms. The Kier molecular flexibility index (Phi) is 2.56. The van der Waals surface area contributed by atoms with Gasteiger partial charge in [0.2, 0.25) is 0 Å². The molecule has 0 aliphatic heterocycles. The maximum absolute atomic E-state index is 5.53. The normalized spacial score (nSPS) is 10.1. The Labute approximate surface area is 83.4 Å². The van der Waals surface area contributed by atoms with Gasteiger partial charge in [0, 0.05) is 12.1 Å². The minimum Gasteiger partial charge on any atom is -0.325 e. The summed E-state index contributed by atoms with van der Waals surface area (Å²) in [5.41, 5.74) is 8.56. The van der Waals surface area contributed by atoms with E-state index in [2.05, 4.69) is 4.98 Å². The van der Waals surface area contributed by atoms with Crippen LogP contribution >= 0.6 is 0 Å². The first-order valence-electron chi connectivity index (χ1n) is 4.61. The predicted octanol–water partition coefficient (Wildman–Crippen LogP) is 2.21. The predicted molar refractivity (Wildman–Crippen MR) is 57.6 cm³/mol. The lowest BCUT2D eigenvalue weighted by molar-refractivity contribution is 0.994. The maximum atomic E-state index is 5.53. The number of aromatic nitrogens is 1. The highest BCUT2D eigenvalue weighted by atomic mass is 14.7. The molecule has 2 aromatic rings. The van der Waals surface area contributed by atoms with Gasteiger partial charge in [0.15, 0.2) is 0 Å². The van der Waals surface area contributed by atoms with Crippen molar-refractivity contribution in [3.63, 3.8) is 0 Å². The summed E-state index contributed by atoms with van der Waals surface area (Å²) in [5.74, 6) is 0. The molecular weight excluding hydrogens is 172 g/mol. The van der Waals surface area contributed by atoms with Crippen LogP contribution in [0.2, 0.25) is 0 Å². The van der Waals surface area contributed by atoms with Crippen LogP contribution in [0.5, 0.6) is 0 Å². The molecule has 0 saturated carbocycles. The van der Waals surface area contributed by atoms with E-state index >= 15 is 0 Å². The van der Waals surface area contributed by atoms with Crippen molar-refractivity contribution in [1.29, 1.82) is 0 Å². The molecule has 14 heavy (non-hydrogen) atoms. The van der Waals surface area contributed by atoms with Crippen LogP contribution in [-0.4, -0.2) is 4.98 Å². The highest BCUT2D eigenvalue weighted by molar-refractivity contribution is 5.58. The summed E-state index contributed by atoms with van der Waals surface area (Å²) in [6, 6.07) is 16.0. The second kappa shape index (κ2) is 4.03. The summed E-state index contributed by atoms with van der Waals surface area (Å²) in [4.78, 5) is 4.44. The monoisotopic (exact) mass is 184 g/mol. The van der Waals surface area contributed by atoms with Crippen molar-refractivity contribution in [3.8, 4) is 11.3 Å². The zero-order valence-corrected chi connectivity index (χ0v) is 7.85. The molecule has 0 unspecified atom stereocenters. The molecule has 1 heterocycles. The van der Waals surface area contributed by atoms with E-state index in [1.54, 1.807) is 0 Å². The van der Waals surface area contributed by atoms with Gasteiger partial charge in [0.1, 0.15) is 0 Å². The largest absolute Gasteiger partial charge is 0.325 e. The van der Waals surface area contributed by atoms with Crippen molar-refractivity contribution < 1.29 is 0 Å². The van der Waals surface area contributed by atoms with Gasteiger partial charge in [-0.3, -0.25) is 4.98 Å². The topological polar surface area (TPSA) is 38.9 Å². The summed E-state index contributed by atoms with van der Waals surface area (Å²) >= 11 is 0. The highest BCUT2D eigenvalue weighted by Crippen LogP contribution is 2.15. The Hall–Kier alpha value is -1.67. The molecule has 0 radical (unpaired) electrons. The van der Waals surface area contributed by atoms with Gasteiger partial charge < -0.3 is 5.73 Å². The first-order chi connectivity index (χ1) is 6.90. The third-order valence-corrected chi connectivity index (χ3v) is 2.09. The Morgan fingerprint density at radius 1 is 0.929 bits per heavy atom. The minimum absolute atomic E-state index is 0.487. The van der Waals surface area contributed by atoms with Gasteiger partial charge in [-0.15, -0.1) is 0 Å². The van der Waals surface area contributed by atoms with Crippen LogP contribution in [0.4, 0.5) is 0 Å². The standard InChI is InChI=1S/C12H12N2/c13-9-11-7-4-8-12(14-11)10-5-2-1-3-6-10/h1-8H,9,13H2. The van der Waals surface area contributed by atoms with Crippen LogP contribution < -0.4 is 5.73 Å². The van der Waals surface area contributed by atoms with E-state index < -0.39 is 0 Å². The lowest BCUT2D eigenvalue weighted by Crippen LogP contribution is -1.99. The number of nitrogens with zero attached hydrogens (tertiary/aromatic N) is 1. The first kappa shape index (κ1) is 8.91. The van der Waals surface area contributed by atoms with Crippen LogP contribution in [0.3, 0.4) is 0 Å². The van der Waals surface area contributed by atoms with Crippen LogP contribution in [0.25, 0.3) is 11.3 Å². The molecule has 0 aliphatic carbocycles. The lowest BCUT2D eigenvalue weighted by Gasteiger charge is -2.02. The van der Waals surface area contributed by atoms with Crippen molar-refractivity contribution in [1.82, 2.24) is 4.98 Å². The van der Waals surface area contributed by atoms with Gasteiger partial charge in [0.25, 0.3) is 0 Å². The van der Waals surface area contributed by atoms with E-state index in [4.69, 9.17) is 5.73 Å². The van der Waals surface area contributed by atoms with E-state index in [-0.39, 0.29) is 0 Å². The second-order valence-electron chi connectivity index (χ2n) is 3.08. The summed E-state index contributed by atoms with van der Waals surface area (Å²) in [6.45, 7) is 0.487. The zero-order chi connectivity index (χ0) is 9.80. The van der Waals surface area contributed by atoms with Gasteiger partial charge in [-0.25, -0.2) is 0 Å². The fourth-order valence-corrected chi connectivity index (χ4v) is 1.36. The van der Waals surface area contributed by atoms with Crippen molar-refractivity contribution in [2.45, 2.75) is 6.54 Å². The lowest BCUT2D eigenvalue weighted by atomic mass is 10.1. The molecule has 1 aromatic heterocycles. The number of hydrogen-bond acceptors (Lipinski definition) is 2. The Morgan fingerprint density at radius 3 is 2.43 bits per heavy atom. The fraction of sp³-hybridized carbons (Fsp3) is 0.0833. The number of nitrogens with two attached hydrogens (primary N) is 1. The molecule has 0 aliphatic rings. The number of pyridine rings is 1. The number of benzene rings is 1. The second-order valence-corrected chi connectivity index (χ2v) is 3.08. The fourth-order valence-electron chi connectivity index (χ4n) is 1.36. The summed E-state index contributed by atoms with van der Waals surface area (Å²) < 4.78 is 0. The summed E-state index contributed by atoms with van der Waals surface area (Å²) in [7, 11) is 0. The molecule has 0 bridgehead atoms. The summed E-state index contributed by atoms with van der Waals surface area (Å²) in [6.07, 6.45) is 0. The van der Waals surface area contributed by atoms with Crippen molar-refractivity contribution in [2.24, 2.45) is 5.73 Å². The highest BCUT2D eigenvalue weighted by Gasteiger charge is 1.98. The number of hydrogen-bond donors (Lipinski definition) is 1. The van der Waals surface area contributed by atoms with E-state index in [0.717, 1.165) is 17.0 Å². The van der Waals surface area contributed by atoms with Gasteiger partial charge in [-0.1, -0.05) is 36.4 Å². The summed E-state index contributed by atoms with van der Waals surface area (Å²) in [5, 5.41) is 0. The molecule has 0 spiro atoms. The van der Waals surface area contributed by atoms with E-state index in [0.29, 0.717) is 6.54 Å². The molecule has 0 saturated heterocycles. The van der Waals surface area contributed by atoms with Gasteiger partial charge in [-0.05, 0) is 12.1 Å². The quantitative estimate of drug-likeness (QED) is 0.777. The zero-order valence-electron chi connectivity index (χ0n) is 7.85. The Balaban J connectivity index is 2.42. The van der Waals surface area contributed by atoms with Crippen molar-refractivity contribution in [3.05, 3.63) is 54.2 Å². The molecule has 2 nitrogen and oxygen atoms in total. The Bertz CT molecular complexity index is 410. The smallest absolute Gasteiger partial charge is 0.0705 e. The first-order valence-corrected chi connectivity index (χ1v) is 4.61. The van der Waals surface area contributed by atoms with Crippen LogP contribution in [0.1, 0.15) is 5.69 Å². The number of rotatable bonds is 2. The third kappa shape index (κ3) is 1.80. The molecule has 2 rings (SSSR count). The van der Waals surface area contributed by atoms with Crippen LogP contribution in [-0.2, 0) is 6.54 Å². The van der Waals surface area contributed by atoms with Crippen LogP contribution in [0, 0.1) is 0 Å². The molecule has 1 aromatic carbocycles. The SMILES string of the molecule is NCc1cccc(-c2ccccc2)n1.